The molecule has 2 heterocycles. The van der Waals surface area contributed by atoms with Gasteiger partial charge < -0.3 is 14.9 Å². The summed E-state index contributed by atoms with van der Waals surface area (Å²) in [6, 6.07) is 11.7. The van der Waals surface area contributed by atoms with Gasteiger partial charge >= 0.3 is 5.69 Å². The third-order valence-electron chi connectivity index (χ3n) is 6.41. The molecule has 3 aromatic rings. The molecular formula is C23H24N4O3. The van der Waals surface area contributed by atoms with E-state index >= 15 is 0 Å². The highest BCUT2D eigenvalue weighted by Gasteiger charge is 2.40. The van der Waals surface area contributed by atoms with Crippen molar-refractivity contribution in [3.05, 3.63) is 79.5 Å². The summed E-state index contributed by atoms with van der Waals surface area (Å²) in [4.78, 5) is 34.0. The monoisotopic (exact) mass is 404 g/mol. The number of benzene rings is 2. The van der Waals surface area contributed by atoms with E-state index < -0.39 is 23.4 Å². The van der Waals surface area contributed by atoms with Gasteiger partial charge in [0.25, 0.3) is 5.56 Å². The lowest BCUT2D eigenvalue weighted by atomic mass is 9.83. The minimum absolute atomic E-state index is 0.341. The number of aliphatic hydroxyl groups is 1. The molecule has 0 unspecified atom stereocenters. The molecule has 0 bridgehead atoms. The largest absolute Gasteiger partial charge is 0.391 e. The molecule has 0 spiro atoms. The molecule has 0 amide bonds. The average molecular weight is 404 g/mol. The Hall–Kier alpha value is -3.32. The number of fused-ring (bicyclic) bond motifs is 3. The van der Waals surface area contributed by atoms with Crippen molar-refractivity contribution in [3.63, 3.8) is 0 Å². The van der Waals surface area contributed by atoms with Crippen molar-refractivity contribution in [2.45, 2.75) is 38.8 Å². The second-order valence-electron chi connectivity index (χ2n) is 8.21. The smallest absolute Gasteiger partial charge is 0.327 e. The van der Waals surface area contributed by atoms with E-state index in [4.69, 9.17) is 0 Å². The van der Waals surface area contributed by atoms with Crippen LogP contribution in [-0.4, -0.2) is 28.2 Å². The van der Waals surface area contributed by atoms with Crippen LogP contribution in [0.4, 0.5) is 22.9 Å². The zero-order valence-electron chi connectivity index (χ0n) is 17.2. The van der Waals surface area contributed by atoms with Crippen molar-refractivity contribution in [2.75, 3.05) is 16.8 Å². The average Bonchev–Trinajstić information content (AvgIpc) is 2.71. The molecule has 1 aliphatic carbocycles. The zero-order valence-corrected chi connectivity index (χ0v) is 17.2. The predicted octanol–water partition coefficient (Wildman–Crippen LogP) is 2.95. The van der Waals surface area contributed by atoms with Gasteiger partial charge in [-0.05, 0) is 61.1 Å². The third-order valence-corrected chi connectivity index (χ3v) is 6.41. The van der Waals surface area contributed by atoms with Crippen molar-refractivity contribution in [2.24, 2.45) is 0 Å². The molecule has 1 aliphatic heterocycles. The quantitative estimate of drug-likeness (QED) is 0.580. The summed E-state index contributed by atoms with van der Waals surface area (Å²) in [6.07, 6.45) is 0.734. The molecule has 3 N–H and O–H groups in total. The van der Waals surface area contributed by atoms with E-state index in [-0.39, 0.29) is 0 Å². The van der Waals surface area contributed by atoms with Crippen molar-refractivity contribution in [3.8, 4) is 0 Å². The number of nitrogens with zero attached hydrogens (tertiary/aromatic N) is 2. The van der Waals surface area contributed by atoms with E-state index in [0.717, 1.165) is 34.5 Å². The first-order valence-corrected chi connectivity index (χ1v) is 10.1. The number of aromatic amines is 2. The van der Waals surface area contributed by atoms with Crippen LogP contribution in [0.5, 0.6) is 0 Å². The summed E-state index contributed by atoms with van der Waals surface area (Å²) in [5, 5.41) is 11.1. The van der Waals surface area contributed by atoms with Gasteiger partial charge in [-0.15, -0.1) is 0 Å². The van der Waals surface area contributed by atoms with Crippen LogP contribution in [0.3, 0.4) is 0 Å². The minimum Gasteiger partial charge on any atom is -0.391 e. The van der Waals surface area contributed by atoms with Crippen LogP contribution in [0.25, 0.3) is 0 Å². The molecule has 2 atom stereocenters. The number of aliphatic hydroxyl groups excluding tert-OH is 1. The Balaban J connectivity index is 1.85. The minimum atomic E-state index is -0.656. The summed E-state index contributed by atoms with van der Waals surface area (Å²) >= 11 is 0. The molecule has 30 heavy (non-hydrogen) atoms. The standard InChI is InChI=1S/C23H24N4O3/c1-12-10-16-17(11-13(12)2)27(20-21(26(16)3)24-23(30)25-22(20)29)19-15-7-5-4-6-14(15)8-9-18(19)28/h4-7,10-11,18-19,28H,8-9H2,1-3H3,(H2,24,25,29,30)/t18-,19-/m0/s1. The van der Waals surface area contributed by atoms with Crippen LogP contribution in [0.1, 0.15) is 34.7 Å². The molecule has 1 aromatic heterocycles. The van der Waals surface area contributed by atoms with Crippen molar-refractivity contribution < 1.29 is 5.11 Å². The maximum atomic E-state index is 13.0. The van der Waals surface area contributed by atoms with Crippen LogP contribution in [-0.2, 0) is 6.42 Å². The Kier molecular flexibility index (Phi) is 4.11. The van der Waals surface area contributed by atoms with Gasteiger partial charge in [0.15, 0.2) is 0 Å². The normalized spacial score (nSPS) is 19.9. The predicted molar refractivity (Wildman–Crippen MR) is 117 cm³/mol. The highest BCUT2D eigenvalue weighted by molar-refractivity contribution is 5.92. The third kappa shape index (κ3) is 2.62. The molecule has 2 aromatic carbocycles. The Morgan fingerprint density at radius 1 is 1.03 bits per heavy atom. The fourth-order valence-corrected chi connectivity index (χ4v) is 4.74. The SMILES string of the molecule is Cc1cc2c(cc1C)N([C@H]1c3ccccc3CC[C@@H]1O)c1c([nH]c(=O)[nH]c1=O)N2C. The number of rotatable bonds is 1. The number of anilines is 4. The molecule has 0 fully saturated rings. The van der Waals surface area contributed by atoms with Gasteiger partial charge in [0.05, 0.1) is 23.5 Å². The van der Waals surface area contributed by atoms with Crippen molar-refractivity contribution >= 4 is 22.9 Å². The second-order valence-corrected chi connectivity index (χ2v) is 8.21. The Labute approximate surface area is 173 Å². The number of aromatic nitrogens is 2. The van der Waals surface area contributed by atoms with Gasteiger partial charge in [0.1, 0.15) is 11.5 Å². The molecule has 7 heteroatoms. The maximum Gasteiger partial charge on any atom is 0.327 e. The van der Waals surface area contributed by atoms with Gasteiger partial charge in [0.2, 0.25) is 0 Å². The summed E-state index contributed by atoms with van der Waals surface area (Å²) in [5.41, 5.74) is 5.40. The molecule has 154 valence electrons. The lowest BCUT2D eigenvalue weighted by Crippen LogP contribution is -2.44. The highest BCUT2D eigenvalue weighted by atomic mass is 16.3. The van der Waals surface area contributed by atoms with Gasteiger partial charge in [-0.2, -0.15) is 0 Å². The van der Waals surface area contributed by atoms with Gasteiger partial charge in [-0.25, -0.2) is 4.79 Å². The summed E-state index contributed by atoms with van der Waals surface area (Å²) in [7, 11) is 1.84. The van der Waals surface area contributed by atoms with Crippen LogP contribution in [0.15, 0.2) is 46.0 Å². The number of aryl methyl sites for hydroxylation is 3. The van der Waals surface area contributed by atoms with Crippen LogP contribution in [0, 0.1) is 13.8 Å². The molecular weight excluding hydrogens is 380 g/mol. The van der Waals surface area contributed by atoms with E-state index in [1.165, 1.54) is 5.56 Å². The molecule has 0 saturated heterocycles. The zero-order chi connectivity index (χ0) is 21.2. The molecule has 0 saturated carbocycles. The first-order chi connectivity index (χ1) is 14.4. The number of hydrogen-bond acceptors (Lipinski definition) is 5. The van der Waals surface area contributed by atoms with E-state index in [1.807, 2.05) is 48.9 Å². The fraction of sp³-hybridized carbons (Fsp3) is 0.304. The number of nitrogens with one attached hydrogen (secondary N) is 2. The van der Waals surface area contributed by atoms with Crippen LogP contribution < -0.4 is 21.0 Å². The Morgan fingerprint density at radius 2 is 1.73 bits per heavy atom. The molecule has 2 aliphatic rings. The first-order valence-electron chi connectivity index (χ1n) is 10.1. The van der Waals surface area contributed by atoms with E-state index in [2.05, 4.69) is 28.2 Å². The molecule has 0 radical (unpaired) electrons. The lowest BCUT2D eigenvalue weighted by Gasteiger charge is -2.45. The summed E-state index contributed by atoms with van der Waals surface area (Å²) < 4.78 is 0. The van der Waals surface area contributed by atoms with Gasteiger partial charge in [-0.3, -0.25) is 14.8 Å². The fourth-order valence-electron chi connectivity index (χ4n) is 4.74. The number of H-pyrrole nitrogens is 2. The second kappa shape index (κ2) is 6.60. The van der Waals surface area contributed by atoms with E-state index in [9.17, 15) is 14.7 Å². The molecule has 5 rings (SSSR count). The van der Waals surface area contributed by atoms with E-state index in [0.29, 0.717) is 17.9 Å². The van der Waals surface area contributed by atoms with E-state index in [1.54, 1.807) is 0 Å². The maximum absolute atomic E-state index is 13.0. The topological polar surface area (TPSA) is 92.4 Å². The van der Waals surface area contributed by atoms with Gasteiger partial charge in [0, 0.05) is 7.05 Å². The van der Waals surface area contributed by atoms with Gasteiger partial charge in [-0.1, -0.05) is 24.3 Å². The van der Waals surface area contributed by atoms with Crippen molar-refractivity contribution in [1.29, 1.82) is 0 Å². The summed E-state index contributed by atoms with van der Waals surface area (Å²) in [6.45, 7) is 4.07. The Bertz CT molecular complexity index is 1280. The number of hydrogen-bond donors (Lipinski definition) is 3. The van der Waals surface area contributed by atoms with Crippen molar-refractivity contribution in [1.82, 2.24) is 9.97 Å². The lowest BCUT2D eigenvalue weighted by molar-refractivity contribution is 0.127. The first kappa shape index (κ1) is 18.7. The van der Waals surface area contributed by atoms with Crippen LogP contribution >= 0.6 is 0 Å². The Morgan fingerprint density at radius 3 is 2.50 bits per heavy atom. The molecule has 7 nitrogen and oxygen atoms in total. The van der Waals surface area contributed by atoms with Crippen LogP contribution in [0.2, 0.25) is 0 Å². The summed E-state index contributed by atoms with van der Waals surface area (Å²) in [5.74, 6) is 0.426. The highest BCUT2D eigenvalue weighted by Crippen LogP contribution is 2.51.